The predicted octanol–water partition coefficient (Wildman–Crippen LogP) is 1.98. The van der Waals surface area contributed by atoms with Crippen LogP contribution in [0.3, 0.4) is 0 Å². The van der Waals surface area contributed by atoms with Gasteiger partial charge in [0.1, 0.15) is 6.10 Å². The molecule has 3 nitrogen and oxygen atoms in total. The topological polar surface area (TPSA) is 38.7 Å². The first kappa shape index (κ1) is 13.9. The molecule has 0 saturated heterocycles. The van der Waals surface area contributed by atoms with Crippen LogP contribution in [-0.4, -0.2) is 37.1 Å². The molecule has 0 aromatic carbocycles. The fourth-order valence-electron chi connectivity index (χ4n) is 1.64. The van der Waals surface area contributed by atoms with Gasteiger partial charge in [0.25, 0.3) is 0 Å². The van der Waals surface area contributed by atoms with Gasteiger partial charge in [-0.05, 0) is 19.3 Å². The summed E-state index contributed by atoms with van der Waals surface area (Å²) in [5, 5.41) is 9.94. The largest absolute Gasteiger partial charge is 0.388 e. The average Bonchev–Trinajstić information content (AvgIpc) is 2.22. The summed E-state index contributed by atoms with van der Waals surface area (Å²) in [7, 11) is 1.65. The molecule has 1 unspecified atom stereocenters. The zero-order valence-corrected chi connectivity index (χ0v) is 9.88. The number of hydrogen-bond donors (Lipinski definition) is 1. The Kier molecular flexibility index (Phi) is 7.15. The smallest absolute Gasteiger partial charge is 0.106 e. The second kappa shape index (κ2) is 7.21. The molecule has 14 heavy (non-hydrogen) atoms. The molecule has 0 saturated carbocycles. The number of rotatable bonds is 8. The van der Waals surface area contributed by atoms with E-state index >= 15 is 0 Å². The Morgan fingerprint density at radius 3 is 2.14 bits per heavy atom. The minimum absolute atomic E-state index is 0.364. The monoisotopic (exact) mass is 204 g/mol. The van der Waals surface area contributed by atoms with Crippen molar-refractivity contribution in [3.05, 3.63) is 0 Å². The van der Waals surface area contributed by atoms with Crippen molar-refractivity contribution in [1.82, 2.24) is 0 Å². The Morgan fingerprint density at radius 1 is 1.21 bits per heavy atom. The summed E-state index contributed by atoms with van der Waals surface area (Å²) in [6.07, 6.45) is 2.05. The van der Waals surface area contributed by atoms with E-state index < -0.39 is 11.7 Å². The van der Waals surface area contributed by atoms with Crippen molar-refractivity contribution >= 4 is 0 Å². The Labute approximate surface area is 87.4 Å². The maximum Gasteiger partial charge on any atom is 0.106 e. The first-order chi connectivity index (χ1) is 6.66. The van der Waals surface area contributed by atoms with Crippen LogP contribution in [0.4, 0.5) is 0 Å². The zero-order valence-electron chi connectivity index (χ0n) is 9.88. The van der Waals surface area contributed by atoms with Crippen LogP contribution in [0.25, 0.3) is 0 Å². The molecule has 86 valence electrons. The van der Waals surface area contributed by atoms with Crippen LogP contribution in [0.5, 0.6) is 0 Å². The van der Waals surface area contributed by atoms with Crippen molar-refractivity contribution in [2.45, 2.75) is 51.7 Å². The van der Waals surface area contributed by atoms with Gasteiger partial charge in [-0.2, -0.15) is 0 Å². The highest BCUT2D eigenvalue weighted by molar-refractivity contribution is 4.85. The Bertz CT molecular complexity index is 124. The number of ether oxygens (including phenoxy) is 2. The summed E-state index contributed by atoms with van der Waals surface area (Å²) in [6, 6.07) is 0. The Hall–Kier alpha value is -0.120. The lowest BCUT2D eigenvalue weighted by atomic mass is 9.91. The molecule has 0 fully saturated rings. The first-order valence-corrected chi connectivity index (χ1v) is 5.47. The molecule has 0 aliphatic heterocycles. The molecule has 3 heteroatoms. The minimum atomic E-state index is -0.533. The normalized spacial score (nSPS) is 14.4. The lowest BCUT2D eigenvalue weighted by Gasteiger charge is -2.34. The van der Waals surface area contributed by atoms with Gasteiger partial charge in [-0.1, -0.05) is 20.8 Å². The highest BCUT2D eigenvalue weighted by atomic mass is 16.5. The molecule has 0 rings (SSSR count). The summed E-state index contributed by atoms with van der Waals surface area (Å²) in [5.74, 6) is 0. The first-order valence-electron chi connectivity index (χ1n) is 5.47. The molecule has 0 aromatic rings. The van der Waals surface area contributed by atoms with E-state index in [0.29, 0.717) is 13.2 Å². The van der Waals surface area contributed by atoms with Crippen LogP contribution in [0.2, 0.25) is 0 Å². The average molecular weight is 204 g/mol. The fraction of sp³-hybridized carbons (Fsp3) is 1.00. The van der Waals surface area contributed by atoms with Gasteiger partial charge in [0.15, 0.2) is 0 Å². The van der Waals surface area contributed by atoms with Crippen molar-refractivity contribution in [3.8, 4) is 0 Å². The molecule has 0 amide bonds. The molecule has 0 radical (unpaired) electrons. The molecular formula is C11H24O3. The van der Waals surface area contributed by atoms with Crippen molar-refractivity contribution in [3.63, 3.8) is 0 Å². The predicted molar refractivity (Wildman–Crippen MR) is 57.4 cm³/mol. The summed E-state index contributed by atoms with van der Waals surface area (Å²) < 4.78 is 10.7. The van der Waals surface area contributed by atoms with Crippen LogP contribution >= 0.6 is 0 Å². The van der Waals surface area contributed by atoms with Gasteiger partial charge >= 0.3 is 0 Å². The van der Waals surface area contributed by atoms with Gasteiger partial charge in [0.05, 0.1) is 12.2 Å². The molecule has 0 aliphatic rings. The summed E-state index contributed by atoms with van der Waals surface area (Å²) >= 11 is 0. The van der Waals surface area contributed by atoms with E-state index in [0.717, 1.165) is 19.3 Å². The van der Waals surface area contributed by atoms with Crippen molar-refractivity contribution < 1.29 is 14.6 Å². The van der Waals surface area contributed by atoms with Gasteiger partial charge in [0, 0.05) is 13.7 Å². The van der Waals surface area contributed by atoms with E-state index in [1.54, 1.807) is 7.11 Å². The van der Waals surface area contributed by atoms with Gasteiger partial charge in [-0.15, -0.1) is 0 Å². The highest BCUT2D eigenvalue weighted by Crippen LogP contribution is 2.24. The molecule has 1 atom stereocenters. The van der Waals surface area contributed by atoms with Crippen molar-refractivity contribution in [1.29, 1.82) is 0 Å². The molecular weight excluding hydrogens is 180 g/mol. The lowest BCUT2D eigenvalue weighted by molar-refractivity contribution is -0.131. The van der Waals surface area contributed by atoms with Crippen LogP contribution in [0.15, 0.2) is 0 Å². The molecule has 0 spiro atoms. The van der Waals surface area contributed by atoms with Gasteiger partial charge in [-0.25, -0.2) is 0 Å². The molecule has 0 bridgehead atoms. The lowest BCUT2D eigenvalue weighted by Crippen LogP contribution is -2.45. The third-order valence-corrected chi connectivity index (χ3v) is 2.83. The molecule has 0 heterocycles. The SMILES string of the molecule is CCCOCC(O)C(CC)(CC)OC. The van der Waals surface area contributed by atoms with E-state index in [1.165, 1.54) is 0 Å². The standard InChI is InChI=1S/C11H24O3/c1-5-8-14-9-10(12)11(6-2,7-3)13-4/h10,12H,5-9H2,1-4H3. The van der Waals surface area contributed by atoms with E-state index in [1.807, 2.05) is 13.8 Å². The molecule has 0 aliphatic carbocycles. The Balaban J connectivity index is 4.07. The van der Waals surface area contributed by atoms with E-state index in [-0.39, 0.29) is 0 Å². The second-order valence-electron chi connectivity index (χ2n) is 3.57. The fourth-order valence-corrected chi connectivity index (χ4v) is 1.64. The van der Waals surface area contributed by atoms with E-state index in [4.69, 9.17) is 9.47 Å². The molecule has 0 aromatic heterocycles. The zero-order chi connectivity index (χ0) is 11.0. The van der Waals surface area contributed by atoms with Crippen molar-refractivity contribution in [2.75, 3.05) is 20.3 Å². The summed E-state index contributed by atoms with van der Waals surface area (Å²) in [5.41, 5.74) is -0.437. The van der Waals surface area contributed by atoms with Crippen LogP contribution in [0.1, 0.15) is 40.0 Å². The van der Waals surface area contributed by atoms with Crippen molar-refractivity contribution in [2.24, 2.45) is 0 Å². The van der Waals surface area contributed by atoms with Gasteiger partial charge in [0.2, 0.25) is 0 Å². The quantitative estimate of drug-likeness (QED) is 0.614. The van der Waals surface area contributed by atoms with Crippen LogP contribution in [-0.2, 0) is 9.47 Å². The Morgan fingerprint density at radius 2 is 1.79 bits per heavy atom. The number of aliphatic hydroxyl groups is 1. The number of methoxy groups -OCH3 is 1. The molecule has 1 N–H and O–H groups in total. The van der Waals surface area contributed by atoms with E-state index in [9.17, 15) is 5.11 Å². The third-order valence-electron chi connectivity index (χ3n) is 2.83. The maximum atomic E-state index is 9.94. The second-order valence-corrected chi connectivity index (χ2v) is 3.57. The van der Waals surface area contributed by atoms with Crippen LogP contribution in [0, 0.1) is 0 Å². The minimum Gasteiger partial charge on any atom is -0.388 e. The van der Waals surface area contributed by atoms with Gasteiger partial charge < -0.3 is 14.6 Å². The maximum absolute atomic E-state index is 9.94. The summed E-state index contributed by atoms with van der Waals surface area (Å²) in [6.45, 7) is 7.16. The number of hydrogen-bond acceptors (Lipinski definition) is 3. The highest BCUT2D eigenvalue weighted by Gasteiger charge is 2.34. The number of aliphatic hydroxyl groups excluding tert-OH is 1. The summed E-state index contributed by atoms with van der Waals surface area (Å²) in [4.78, 5) is 0. The van der Waals surface area contributed by atoms with Gasteiger partial charge in [-0.3, -0.25) is 0 Å². The third kappa shape index (κ3) is 3.56. The van der Waals surface area contributed by atoms with Crippen LogP contribution < -0.4 is 0 Å². The van der Waals surface area contributed by atoms with E-state index in [2.05, 4.69) is 6.92 Å².